The molecule has 0 saturated heterocycles. The van der Waals surface area contributed by atoms with Crippen molar-refractivity contribution in [2.45, 2.75) is 32.6 Å². The van der Waals surface area contributed by atoms with Crippen LogP contribution in [0.3, 0.4) is 0 Å². The molecule has 3 rings (SSSR count). The largest absolute Gasteiger partial charge is 0.494 e. The predicted molar refractivity (Wildman–Crippen MR) is 95.9 cm³/mol. The Bertz CT molecular complexity index is 936. The van der Waals surface area contributed by atoms with Crippen LogP contribution in [0.2, 0.25) is 0 Å². The van der Waals surface area contributed by atoms with Crippen molar-refractivity contribution in [2.75, 3.05) is 6.61 Å². The first-order valence-corrected chi connectivity index (χ1v) is 8.56. The molecule has 1 atom stereocenters. The Morgan fingerprint density at radius 1 is 1.27 bits per heavy atom. The quantitative estimate of drug-likeness (QED) is 0.887. The molecule has 1 aromatic heterocycles. The molecule has 26 heavy (non-hydrogen) atoms. The molecule has 2 heterocycles. The van der Waals surface area contributed by atoms with Gasteiger partial charge in [0.05, 0.1) is 18.1 Å². The van der Waals surface area contributed by atoms with E-state index < -0.39 is 11.5 Å². The molecule has 0 aliphatic carbocycles. The highest BCUT2D eigenvalue weighted by molar-refractivity contribution is 5.55. The summed E-state index contributed by atoms with van der Waals surface area (Å²) in [5.41, 5.74) is 6.68. The van der Waals surface area contributed by atoms with Crippen molar-refractivity contribution < 1.29 is 13.9 Å². The van der Waals surface area contributed by atoms with Gasteiger partial charge in [0.2, 0.25) is 5.88 Å². The Labute approximate surface area is 151 Å². The van der Waals surface area contributed by atoms with Gasteiger partial charge in [0.1, 0.15) is 28.9 Å². The number of hydrogen-bond acceptors (Lipinski definition) is 6. The average molecular weight is 352 g/mol. The number of nitrogens with zero attached hydrogens (tertiary/aromatic N) is 1. The number of nitrogens with two attached hydrogens (primary N) is 1. The zero-order valence-electron chi connectivity index (χ0n) is 14.7. The maximum atomic E-state index is 12.6. The highest BCUT2D eigenvalue weighted by atomic mass is 16.5. The van der Waals surface area contributed by atoms with Crippen molar-refractivity contribution in [2.24, 2.45) is 5.73 Å². The average Bonchev–Trinajstić information content (AvgIpc) is 2.62. The Balaban J connectivity index is 2.14. The minimum Gasteiger partial charge on any atom is -0.494 e. The van der Waals surface area contributed by atoms with Crippen molar-refractivity contribution in [3.8, 4) is 17.6 Å². The molecule has 0 amide bonds. The summed E-state index contributed by atoms with van der Waals surface area (Å²) < 4.78 is 16.4. The molecular formula is C20H20N2O4. The lowest BCUT2D eigenvalue weighted by molar-refractivity contribution is 0.340. The van der Waals surface area contributed by atoms with E-state index in [1.54, 1.807) is 18.2 Å². The lowest BCUT2D eigenvalue weighted by Gasteiger charge is -2.25. The predicted octanol–water partition coefficient (Wildman–Crippen LogP) is 3.21. The van der Waals surface area contributed by atoms with Gasteiger partial charge in [0.15, 0.2) is 0 Å². The lowest BCUT2D eigenvalue weighted by atomic mass is 9.84. The molecule has 134 valence electrons. The lowest BCUT2D eigenvalue weighted by Crippen LogP contribution is -2.26. The summed E-state index contributed by atoms with van der Waals surface area (Å²) in [5.74, 6) is 0.970. The Morgan fingerprint density at radius 3 is 2.62 bits per heavy atom. The minimum atomic E-state index is -0.633. The molecule has 6 heteroatoms. The van der Waals surface area contributed by atoms with Crippen LogP contribution in [0.1, 0.15) is 43.1 Å². The summed E-state index contributed by atoms with van der Waals surface area (Å²) in [4.78, 5) is 12.6. The zero-order valence-corrected chi connectivity index (χ0v) is 14.7. The standard InChI is InChI=1S/C20H20N2O4/c1-3-5-14-10-16-18(20(23)25-14)17(15(11-21)19(22)26-16)12-6-8-13(9-7-12)24-4-2/h6-10,17H,3-5,22H2,1-2H3. The molecule has 1 aliphatic rings. The van der Waals surface area contributed by atoms with E-state index in [1.807, 2.05) is 26.0 Å². The van der Waals surface area contributed by atoms with E-state index >= 15 is 0 Å². The molecule has 0 fully saturated rings. The van der Waals surface area contributed by atoms with E-state index in [0.29, 0.717) is 35.9 Å². The van der Waals surface area contributed by atoms with Gasteiger partial charge in [-0.3, -0.25) is 0 Å². The van der Waals surface area contributed by atoms with Crippen molar-refractivity contribution in [1.82, 2.24) is 0 Å². The van der Waals surface area contributed by atoms with Crippen LogP contribution in [0.15, 0.2) is 51.0 Å². The first-order chi connectivity index (χ1) is 12.6. The van der Waals surface area contributed by atoms with E-state index in [2.05, 4.69) is 6.07 Å². The van der Waals surface area contributed by atoms with Gasteiger partial charge in [-0.25, -0.2) is 4.79 Å². The highest BCUT2D eigenvalue weighted by Crippen LogP contribution is 2.40. The summed E-state index contributed by atoms with van der Waals surface area (Å²) in [6.45, 7) is 4.45. The van der Waals surface area contributed by atoms with Crippen LogP contribution in [0.25, 0.3) is 0 Å². The van der Waals surface area contributed by atoms with Gasteiger partial charge in [-0.2, -0.15) is 5.26 Å². The van der Waals surface area contributed by atoms with Crippen LogP contribution in [-0.2, 0) is 6.42 Å². The number of ether oxygens (including phenoxy) is 2. The first kappa shape index (κ1) is 17.6. The van der Waals surface area contributed by atoms with E-state index in [1.165, 1.54) is 0 Å². The number of fused-ring (bicyclic) bond motifs is 1. The highest BCUT2D eigenvalue weighted by Gasteiger charge is 2.34. The summed E-state index contributed by atoms with van der Waals surface area (Å²) in [5, 5.41) is 9.56. The number of rotatable bonds is 5. The number of allylic oxidation sites excluding steroid dienone is 1. The molecule has 0 radical (unpaired) electrons. The maximum absolute atomic E-state index is 12.6. The minimum absolute atomic E-state index is 0.00642. The van der Waals surface area contributed by atoms with Gasteiger partial charge in [0, 0.05) is 12.5 Å². The maximum Gasteiger partial charge on any atom is 0.343 e. The summed E-state index contributed by atoms with van der Waals surface area (Å²) >= 11 is 0. The molecular weight excluding hydrogens is 332 g/mol. The third-order valence-electron chi connectivity index (χ3n) is 4.21. The molecule has 0 spiro atoms. The Morgan fingerprint density at radius 2 is 2.00 bits per heavy atom. The van der Waals surface area contributed by atoms with Crippen LogP contribution < -0.4 is 20.8 Å². The van der Waals surface area contributed by atoms with Gasteiger partial charge >= 0.3 is 5.63 Å². The van der Waals surface area contributed by atoms with Crippen LogP contribution >= 0.6 is 0 Å². The first-order valence-electron chi connectivity index (χ1n) is 8.56. The molecule has 1 unspecified atom stereocenters. The van der Waals surface area contributed by atoms with Crippen molar-refractivity contribution >= 4 is 0 Å². The smallest absolute Gasteiger partial charge is 0.343 e. The monoisotopic (exact) mass is 352 g/mol. The fraction of sp³-hybridized carbons (Fsp3) is 0.300. The summed E-state index contributed by atoms with van der Waals surface area (Å²) in [6, 6.07) is 11.0. The third kappa shape index (κ3) is 3.16. The summed E-state index contributed by atoms with van der Waals surface area (Å²) in [6.07, 6.45) is 1.45. The molecule has 0 bridgehead atoms. The van der Waals surface area contributed by atoms with Crippen LogP contribution in [0, 0.1) is 11.3 Å². The van der Waals surface area contributed by atoms with E-state index in [0.717, 1.165) is 12.0 Å². The van der Waals surface area contributed by atoms with Gasteiger partial charge in [-0.05, 0) is 31.0 Å². The Hall–Kier alpha value is -3.20. The van der Waals surface area contributed by atoms with Crippen molar-refractivity contribution in [3.63, 3.8) is 0 Å². The second kappa shape index (κ2) is 7.36. The second-order valence-electron chi connectivity index (χ2n) is 5.95. The zero-order chi connectivity index (χ0) is 18.7. The molecule has 1 aromatic carbocycles. The molecule has 6 nitrogen and oxygen atoms in total. The fourth-order valence-electron chi connectivity index (χ4n) is 3.08. The van der Waals surface area contributed by atoms with Crippen LogP contribution in [0.4, 0.5) is 0 Å². The van der Waals surface area contributed by atoms with E-state index in [-0.39, 0.29) is 11.5 Å². The van der Waals surface area contributed by atoms with Gasteiger partial charge in [-0.15, -0.1) is 0 Å². The third-order valence-corrected chi connectivity index (χ3v) is 4.21. The second-order valence-corrected chi connectivity index (χ2v) is 5.95. The van der Waals surface area contributed by atoms with Crippen LogP contribution in [-0.4, -0.2) is 6.61 Å². The number of aryl methyl sites for hydroxylation is 1. The Kier molecular flexibility index (Phi) is 4.99. The van der Waals surface area contributed by atoms with Crippen molar-refractivity contribution in [3.05, 3.63) is 69.1 Å². The van der Waals surface area contributed by atoms with Gasteiger partial charge in [-0.1, -0.05) is 19.1 Å². The molecule has 2 N–H and O–H groups in total. The number of hydrogen-bond donors (Lipinski definition) is 1. The fourth-order valence-corrected chi connectivity index (χ4v) is 3.08. The summed E-state index contributed by atoms with van der Waals surface area (Å²) in [7, 11) is 0. The number of nitriles is 1. The van der Waals surface area contributed by atoms with Crippen molar-refractivity contribution in [1.29, 1.82) is 5.26 Å². The van der Waals surface area contributed by atoms with E-state index in [4.69, 9.17) is 19.6 Å². The normalized spacial score (nSPS) is 15.8. The van der Waals surface area contributed by atoms with Gasteiger partial charge < -0.3 is 19.6 Å². The topological polar surface area (TPSA) is 98.5 Å². The molecule has 0 saturated carbocycles. The molecule has 2 aromatic rings. The number of benzene rings is 1. The SMILES string of the molecule is CCCc1cc2c(c(=O)o1)C(c1ccc(OCC)cc1)C(C#N)=C(N)O2. The van der Waals surface area contributed by atoms with Gasteiger partial charge in [0.25, 0.3) is 0 Å². The molecule has 1 aliphatic heterocycles. The van der Waals surface area contributed by atoms with Crippen LogP contribution in [0.5, 0.6) is 11.5 Å². The van der Waals surface area contributed by atoms with E-state index in [9.17, 15) is 10.1 Å².